The topological polar surface area (TPSA) is 45.7 Å². The van der Waals surface area contributed by atoms with Crippen molar-refractivity contribution < 1.29 is 9.53 Å². The highest BCUT2D eigenvalue weighted by Gasteiger charge is 2.22. The Morgan fingerprint density at radius 2 is 1.97 bits per heavy atom. The summed E-state index contributed by atoms with van der Waals surface area (Å²) in [6, 6.07) is 11.3. The molecule has 1 aromatic heterocycles. The molecular weight excluding hydrogens is 486 g/mol. The fourth-order valence-electron chi connectivity index (χ4n) is 3.51. The van der Waals surface area contributed by atoms with Gasteiger partial charge in [-0.3, -0.25) is 14.6 Å². The lowest BCUT2D eigenvalue weighted by molar-refractivity contribution is 0.0376. The first-order valence-electron chi connectivity index (χ1n) is 9.96. The van der Waals surface area contributed by atoms with Crippen molar-refractivity contribution in [1.82, 2.24) is 9.88 Å². The molecule has 0 bridgehead atoms. The third-order valence-corrected chi connectivity index (χ3v) is 7.25. The smallest absolute Gasteiger partial charge is 0.260 e. The number of thiazole rings is 1. The molecule has 0 N–H and O–H groups in total. The minimum absolute atomic E-state index is 0.0349. The number of morpholine rings is 1. The predicted octanol–water partition coefficient (Wildman–Crippen LogP) is 5.39. The lowest BCUT2D eigenvalue weighted by Gasteiger charge is -2.27. The van der Waals surface area contributed by atoms with E-state index in [1.54, 1.807) is 0 Å². The van der Waals surface area contributed by atoms with Crippen molar-refractivity contribution >= 4 is 60.1 Å². The molecule has 1 saturated heterocycles. The minimum atomic E-state index is -0.0349. The quantitative estimate of drug-likeness (QED) is 0.448. The summed E-state index contributed by atoms with van der Waals surface area (Å²) < 4.78 is 7.41. The van der Waals surface area contributed by atoms with Gasteiger partial charge in [0.25, 0.3) is 5.91 Å². The molecule has 4 rings (SSSR count). The molecule has 158 valence electrons. The fraction of sp³-hybridized carbons (Fsp3) is 0.364. The summed E-state index contributed by atoms with van der Waals surface area (Å²) in [5.74, 6) is -0.0349. The van der Waals surface area contributed by atoms with Crippen molar-refractivity contribution in [1.29, 1.82) is 0 Å². The van der Waals surface area contributed by atoms with Gasteiger partial charge in [-0.1, -0.05) is 38.9 Å². The Labute approximate surface area is 193 Å². The molecule has 3 aromatic rings. The van der Waals surface area contributed by atoms with Crippen molar-refractivity contribution in [3.05, 3.63) is 57.0 Å². The Bertz CT molecular complexity index is 1030. The second-order valence-corrected chi connectivity index (χ2v) is 9.62. The van der Waals surface area contributed by atoms with Crippen LogP contribution in [0, 0.1) is 6.92 Å². The van der Waals surface area contributed by atoms with E-state index in [0.717, 1.165) is 59.5 Å². The van der Waals surface area contributed by atoms with Crippen molar-refractivity contribution in [3.8, 4) is 0 Å². The van der Waals surface area contributed by atoms with E-state index >= 15 is 0 Å². The highest BCUT2D eigenvalue weighted by atomic mass is 79.9. The Morgan fingerprint density at radius 3 is 2.70 bits per heavy atom. The molecule has 1 aliphatic heterocycles. The average Bonchev–Trinajstić information content (AvgIpc) is 3.19. The van der Waals surface area contributed by atoms with Crippen LogP contribution in [0.3, 0.4) is 0 Å². The van der Waals surface area contributed by atoms with Crippen LogP contribution in [0.2, 0.25) is 5.02 Å². The molecule has 1 aliphatic rings. The molecule has 5 nitrogen and oxygen atoms in total. The summed E-state index contributed by atoms with van der Waals surface area (Å²) in [4.78, 5) is 22.4. The molecule has 0 saturated carbocycles. The highest BCUT2D eigenvalue weighted by Crippen LogP contribution is 2.34. The van der Waals surface area contributed by atoms with Gasteiger partial charge in [0.15, 0.2) is 5.13 Å². The third kappa shape index (κ3) is 4.86. The number of ether oxygens (including phenoxy) is 1. The number of anilines is 1. The lowest BCUT2D eigenvalue weighted by atomic mass is 10.2. The molecule has 0 aliphatic carbocycles. The van der Waals surface area contributed by atoms with Gasteiger partial charge in [0.05, 0.1) is 23.4 Å². The van der Waals surface area contributed by atoms with Crippen LogP contribution < -0.4 is 4.90 Å². The number of nitrogens with zero attached hydrogens (tertiary/aromatic N) is 3. The molecule has 0 atom stereocenters. The minimum Gasteiger partial charge on any atom is -0.379 e. The monoisotopic (exact) mass is 507 g/mol. The van der Waals surface area contributed by atoms with E-state index in [-0.39, 0.29) is 5.91 Å². The van der Waals surface area contributed by atoms with Crippen LogP contribution in [0.15, 0.2) is 40.9 Å². The third-order valence-electron chi connectivity index (χ3n) is 5.26. The normalized spacial score (nSPS) is 14.9. The maximum Gasteiger partial charge on any atom is 0.260 e. The van der Waals surface area contributed by atoms with E-state index in [4.69, 9.17) is 21.3 Å². The number of aryl methyl sites for hydroxylation is 1. The summed E-state index contributed by atoms with van der Waals surface area (Å²) in [7, 11) is 0. The van der Waals surface area contributed by atoms with Gasteiger partial charge in [-0.05, 0) is 55.3 Å². The lowest BCUT2D eigenvalue weighted by Crippen LogP contribution is -2.39. The van der Waals surface area contributed by atoms with Gasteiger partial charge in [-0.25, -0.2) is 4.98 Å². The summed E-state index contributed by atoms with van der Waals surface area (Å²) in [5, 5.41) is 1.41. The molecule has 30 heavy (non-hydrogen) atoms. The fourth-order valence-corrected chi connectivity index (χ4v) is 4.98. The number of amides is 1. The summed E-state index contributed by atoms with van der Waals surface area (Å²) >= 11 is 11.3. The van der Waals surface area contributed by atoms with E-state index < -0.39 is 0 Å². The van der Waals surface area contributed by atoms with Gasteiger partial charge in [0, 0.05) is 41.2 Å². The number of halogens is 2. The van der Waals surface area contributed by atoms with Gasteiger partial charge in [0.2, 0.25) is 0 Å². The second kappa shape index (κ2) is 9.75. The first kappa shape index (κ1) is 21.7. The van der Waals surface area contributed by atoms with Crippen LogP contribution in [0.5, 0.6) is 0 Å². The average molecular weight is 509 g/mol. The second-order valence-electron chi connectivity index (χ2n) is 7.29. The molecular formula is C22H23BrClN3O2S. The number of carbonyl (C=O) groups excluding carboxylic acids is 1. The van der Waals surface area contributed by atoms with Gasteiger partial charge < -0.3 is 4.74 Å². The zero-order valence-electron chi connectivity index (χ0n) is 16.7. The van der Waals surface area contributed by atoms with E-state index in [1.165, 1.54) is 11.3 Å². The number of carbonyl (C=O) groups is 1. The number of hydrogen-bond acceptors (Lipinski definition) is 5. The summed E-state index contributed by atoms with van der Waals surface area (Å²) in [6.45, 7) is 6.95. The van der Waals surface area contributed by atoms with Gasteiger partial charge in [-0.2, -0.15) is 0 Å². The highest BCUT2D eigenvalue weighted by molar-refractivity contribution is 9.10. The zero-order chi connectivity index (χ0) is 21.1. The Hall–Kier alpha value is -1.51. The van der Waals surface area contributed by atoms with Crippen molar-refractivity contribution in [2.24, 2.45) is 0 Å². The first-order chi connectivity index (χ1) is 14.5. The van der Waals surface area contributed by atoms with Crippen LogP contribution in [0.1, 0.15) is 22.3 Å². The number of hydrogen-bond donors (Lipinski definition) is 0. The van der Waals surface area contributed by atoms with E-state index in [1.807, 2.05) is 48.2 Å². The Morgan fingerprint density at radius 1 is 1.23 bits per heavy atom. The van der Waals surface area contributed by atoms with E-state index in [0.29, 0.717) is 22.3 Å². The maximum absolute atomic E-state index is 13.4. The molecule has 8 heteroatoms. The van der Waals surface area contributed by atoms with Gasteiger partial charge in [0.1, 0.15) is 0 Å². The SMILES string of the molecule is Cc1c(Cl)ccc2sc(N(CCCN3CCOCC3)C(=O)c3ccc(Br)cc3)nc12. The number of aromatic nitrogens is 1. The number of rotatable bonds is 6. The molecule has 2 heterocycles. The molecule has 0 spiro atoms. The first-order valence-corrected chi connectivity index (χ1v) is 11.9. The van der Waals surface area contributed by atoms with Crippen molar-refractivity contribution in [2.75, 3.05) is 44.3 Å². The van der Waals surface area contributed by atoms with Crippen LogP contribution >= 0.6 is 38.9 Å². The molecule has 1 fully saturated rings. The largest absolute Gasteiger partial charge is 0.379 e. The summed E-state index contributed by atoms with van der Waals surface area (Å²) in [5.41, 5.74) is 2.46. The van der Waals surface area contributed by atoms with Gasteiger partial charge in [-0.15, -0.1) is 0 Å². The zero-order valence-corrected chi connectivity index (χ0v) is 19.9. The van der Waals surface area contributed by atoms with Crippen molar-refractivity contribution in [3.63, 3.8) is 0 Å². The Kier molecular flexibility index (Phi) is 7.05. The predicted molar refractivity (Wildman–Crippen MR) is 127 cm³/mol. The molecule has 1 amide bonds. The van der Waals surface area contributed by atoms with Crippen LogP contribution in [0.25, 0.3) is 10.2 Å². The maximum atomic E-state index is 13.4. The summed E-state index contributed by atoms with van der Waals surface area (Å²) in [6.07, 6.45) is 0.873. The van der Waals surface area contributed by atoms with Crippen LogP contribution in [0.4, 0.5) is 5.13 Å². The van der Waals surface area contributed by atoms with Crippen LogP contribution in [-0.2, 0) is 4.74 Å². The van der Waals surface area contributed by atoms with Crippen molar-refractivity contribution in [2.45, 2.75) is 13.3 Å². The number of benzene rings is 2. The van der Waals surface area contributed by atoms with Crippen LogP contribution in [-0.4, -0.2) is 55.2 Å². The van der Waals surface area contributed by atoms with E-state index in [2.05, 4.69) is 20.8 Å². The molecule has 0 unspecified atom stereocenters. The Balaban J connectivity index is 1.59. The number of fused-ring (bicyclic) bond motifs is 1. The molecule has 2 aromatic carbocycles. The van der Waals surface area contributed by atoms with E-state index in [9.17, 15) is 4.79 Å². The molecule has 0 radical (unpaired) electrons. The van der Waals surface area contributed by atoms with Gasteiger partial charge >= 0.3 is 0 Å². The standard InChI is InChI=1S/C22H23BrClN3O2S/c1-15-18(24)7-8-19-20(15)25-22(30-19)27(10-2-9-26-11-13-29-14-12-26)21(28)16-3-5-17(23)6-4-16/h3-8H,2,9-14H2,1H3.